The summed E-state index contributed by atoms with van der Waals surface area (Å²) < 4.78 is 70.0. The highest BCUT2D eigenvalue weighted by molar-refractivity contribution is 5.31. The van der Waals surface area contributed by atoms with Gasteiger partial charge in [-0.15, -0.1) is 0 Å². The maximum absolute atomic E-state index is 11.4. The first-order valence-electron chi connectivity index (χ1n) is 10.9. The summed E-state index contributed by atoms with van der Waals surface area (Å²) in [5.41, 5.74) is -1.98. The van der Waals surface area contributed by atoms with Gasteiger partial charge in [0.15, 0.2) is 0 Å². The van der Waals surface area contributed by atoms with Crippen molar-refractivity contribution in [3.05, 3.63) is 29.7 Å². The SMILES string of the molecule is [2H]c1c([2H])c([C@@]([2H])(CN(C)C([2H])([2H])[2H])C2(O)CCCCC2)c([2H])c([2H])c1OC. The normalized spacial score (nSPS) is 27.8. The van der Waals surface area contributed by atoms with Gasteiger partial charge in [-0.05, 0) is 44.5 Å². The zero-order valence-corrected chi connectivity index (χ0v) is 12.0. The fraction of sp³-hybridized carbons (Fsp3) is 0.647. The lowest BCUT2D eigenvalue weighted by atomic mass is 9.72. The molecule has 0 bridgehead atoms. The third-order valence-corrected chi connectivity index (χ3v) is 3.75. The molecule has 1 aliphatic rings. The minimum atomic E-state index is -2.54. The van der Waals surface area contributed by atoms with E-state index in [1.807, 2.05) is 0 Å². The molecule has 20 heavy (non-hydrogen) atoms. The maximum Gasteiger partial charge on any atom is 0.118 e. The van der Waals surface area contributed by atoms with Gasteiger partial charge in [-0.3, -0.25) is 0 Å². The second-order valence-corrected chi connectivity index (χ2v) is 5.34. The summed E-state index contributed by atoms with van der Waals surface area (Å²) in [6.45, 7) is -3.01. The summed E-state index contributed by atoms with van der Waals surface area (Å²) >= 11 is 0. The van der Waals surface area contributed by atoms with Gasteiger partial charge in [0.05, 0.1) is 18.2 Å². The molecule has 3 heteroatoms. The van der Waals surface area contributed by atoms with Crippen molar-refractivity contribution in [1.82, 2.24) is 4.90 Å². The smallest absolute Gasteiger partial charge is 0.118 e. The van der Waals surface area contributed by atoms with Gasteiger partial charge >= 0.3 is 0 Å². The Morgan fingerprint density at radius 1 is 1.40 bits per heavy atom. The third-order valence-electron chi connectivity index (χ3n) is 3.75. The van der Waals surface area contributed by atoms with Crippen LogP contribution in [0.3, 0.4) is 0 Å². The van der Waals surface area contributed by atoms with Crippen LogP contribution in [0, 0.1) is 0 Å². The van der Waals surface area contributed by atoms with E-state index in [4.69, 9.17) is 14.3 Å². The molecule has 112 valence electrons. The number of methoxy groups -OCH3 is 1. The van der Waals surface area contributed by atoms with Crippen LogP contribution in [0.25, 0.3) is 0 Å². The topological polar surface area (TPSA) is 32.7 Å². The zero-order chi connectivity index (χ0) is 21.5. The van der Waals surface area contributed by atoms with E-state index in [2.05, 4.69) is 0 Å². The molecule has 1 aromatic carbocycles. The molecule has 0 heterocycles. The van der Waals surface area contributed by atoms with Crippen LogP contribution in [-0.2, 0) is 0 Å². The number of rotatable bonds is 5. The molecule has 0 amide bonds. The van der Waals surface area contributed by atoms with Gasteiger partial charge in [-0.25, -0.2) is 0 Å². The fourth-order valence-corrected chi connectivity index (χ4v) is 2.69. The van der Waals surface area contributed by atoms with Crippen LogP contribution in [-0.4, -0.2) is 43.3 Å². The minimum Gasteiger partial charge on any atom is -0.497 e. The highest BCUT2D eigenvalue weighted by atomic mass is 16.5. The lowest BCUT2D eigenvalue weighted by Crippen LogP contribution is -2.42. The molecule has 0 spiro atoms. The molecular weight excluding hydrogens is 250 g/mol. The van der Waals surface area contributed by atoms with Crippen LogP contribution >= 0.6 is 0 Å². The summed E-state index contributed by atoms with van der Waals surface area (Å²) in [5, 5.41) is 11.4. The van der Waals surface area contributed by atoms with Crippen LogP contribution in [0.5, 0.6) is 5.75 Å². The summed E-state index contributed by atoms with van der Waals surface area (Å²) in [4.78, 5) is 0.933. The molecule has 1 aliphatic carbocycles. The molecule has 0 aromatic heterocycles. The molecule has 1 aromatic rings. The average molecular weight is 285 g/mol. The van der Waals surface area contributed by atoms with Crippen LogP contribution < -0.4 is 4.74 Å². The number of aliphatic hydroxyl groups is 1. The number of likely N-dealkylation sites (N-methyl/N-ethyl adjacent to an activating group) is 1. The number of benzene rings is 1. The Bertz CT molecular complexity index is 704. The molecule has 2 rings (SSSR count). The molecule has 0 unspecified atom stereocenters. The lowest BCUT2D eigenvalue weighted by molar-refractivity contribution is -0.0277. The second kappa shape index (κ2) is 6.59. The maximum atomic E-state index is 11.4. The Hall–Kier alpha value is -1.06. The highest BCUT2D eigenvalue weighted by Gasteiger charge is 2.38. The monoisotopic (exact) mass is 285 g/mol. The van der Waals surface area contributed by atoms with Crippen molar-refractivity contribution in [2.24, 2.45) is 0 Å². The minimum absolute atomic E-state index is 0.219. The summed E-state index contributed by atoms with van der Waals surface area (Å²) in [6, 6.07) is -1.89. The molecule has 1 N–H and O–H groups in total. The molecule has 3 nitrogen and oxygen atoms in total. The van der Waals surface area contributed by atoms with Gasteiger partial charge in [0, 0.05) is 17.9 Å². The highest BCUT2D eigenvalue weighted by Crippen LogP contribution is 2.40. The average Bonchev–Trinajstić information content (AvgIpc) is 2.60. The number of hydrogen-bond donors (Lipinski definition) is 1. The number of nitrogens with zero attached hydrogens (tertiary/aromatic N) is 1. The largest absolute Gasteiger partial charge is 0.497 e. The van der Waals surface area contributed by atoms with Gasteiger partial charge in [-0.1, -0.05) is 31.3 Å². The van der Waals surface area contributed by atoms with Gasteiger partial charge in [0.2, 0.25) is 0 Å². The number of hydrogen-bond acceptors (Lipinski definition) is 3. The molecule has 1 fully saturated rings. The van der Waals surface area contributed by atoms with E-state index in [1.165, 1.54) is 14.2 Å². The molecule has 0 radical (unpaired) electrons. The number of ether oxygens (including phenoxy) is 1. The van der Waals surface area contributed by atoms with E-state index < -0.39 is 49.2 Å². The van der Waals surface area contributed by atoms with Crippen LogP contribution in [0.15, 0.2) is 24.2 Å². The van der Waals surface area contributed by atoms with Gasteiger partial charge in [0.1, 0.15) is 5.75 Å². The van der Waals surface area contributed by atoms with Gasteiger partial charge in [-0.2, -0.15) is 0 Å². The van der Waals surface area contributed by atoms with E-state index in [-0.39, 0.29) is 24.2 Å². The van der Waals surface area contributed by atoms with Crippen molar-refractivity contribution in [3.8, 4) is 5.75 Å². The van der Waals surface area contributed by atoms with E-state index in [0.29, 0.717) is 12.8 Å². The first-order valence-corrected chi connectivity index (χ1v) is 6.88. The van der Waals surface area contributed by atoms with Crippen LogP contribution in [0.4, 0.5) is 0 Å². The summed E-state index contributed by atoms with van der Waals surface area (Å²) in [7, 11) is 2.53. The Labute approximate surface area is 133 Å². The molecule has 1 saturated carbocycles. The lowest BCUT2D eigenvalue weighted by Gasteiger charge is -2.40. The Balaban J connectivity index is 2.76. The van der Waals surface area contributed by atoms with E-state index in [1.54, 1.807) is 0 Å². The fourth-order valence-electron chi connectivity index (χ4n) is 2.69. The summed E-state index contributed by atoms with van der Waals surface area (Å²) in [5.74, 6) is -2.32. The Kier molecular flexibility index (Phi) is 2.57. The molecule has 0 aliphatic heterocycles. The van der Waals surface area contributed by atoms with Crippen molar-refractivity contribution >= 4 is 0 Å². The first kappa shape index (κ1) is 7.81. The Morgan fingerprint density at radius 2 is 2.05 bits per heavy atom. The molecule has 0 saturated heterocycles. The van der Waals surface area contributed by atoms with Crippen molar-refractivity contribution in [3.63, 3.8) is 0 Å². The molecular formula is C17H27NO2. The van der Waals surface area contributed by atoms with E-state index >= 15 is 0 Å². The quantitative estimate of drug-likeness (QED) is 0.902. The van der Waals surface area contributed by atoms with Gasteiger partial charge < -0.3 is 14.7 Å². The third kappa shape index (κ3) is 3.53. The Morgan fingerprint density at radius 3 is 2.60 bits per heavy atom. The van der Waals surface area contributed by atoms with E-state index in [9.17, 15) is 6.48 Å². The van der Waals surface area contributed by atoms with E-state index in [0.717, 1.165) is 11.3 Å². The predicted molar refractivity (Wildman–Crippen MR) is 82.3 cm³/mol. The van der Waals surface area contributed by atoms with Crippen molar-refractivity contribution in [2.75, 3.05) is 27.7 Å². The standard InChI is InChI=1S/C17H27NO2/c1-18(2)13-16(17(19)11-5-4-6-12-17)14-7-9-15(20-3)10-8-14/h7-10,16,19H,4-6,11-13H2,1-3H3/t16-/m1/s1/i1D3,7D,8D,9D,10D,16D. The molecule has 1 atom stereocenters. The van der Waals surface area contributed by atoms with Crippen molar-refractivity contribution in [2.45, 2.75) is 43.6 Å². The van der Waals surface area contributed by atoms with Crippen LogP contribution in [0.1, 0.15) is 54.5 Å². The second-order valence-electron chi connectivity index (χ2n) is 5.34. The van der Waals surface area contributed by atoms with Crippen molar-refractivity contribution in [1.29, 1.82) is 0 Å². The van der Waals surface area contributed by atoms with Crippen molar-refractivity contribution < 1.29 is 20.8 Å². The predicted octanol–water partition coefficient (Wildman–Crippen LogP) is 3.04. The first-order chi connectivity index (χ1) is 12.8. The van der Waals surface area contributed by atoms with Crippen LogP contribution in [0.2, 0.25) is 0 Å². The zero-order valence-electron chi connectivity index (χ0n) is 20.0. The van der Waals surface area contributed by atoms with Gasteiger partial charge in [0.25, 0.3) is 0 Å². The summed E-state index contributed by atoms with van der Waals surface area (Å²) in [6.07, 6.45) is 2.57.